The van der Waals surface area contributed by atoms with Crippen LogP contribution in [0.1, 0.15) is 137 Å². The molecule has 7 aromatic rings. The fourth-order valence-electron chi connectivity index (χ4n) is 8.05. The predicted molar refractivity (Wildman–Crippen MR) is 260 cm³/mol. The highest BCUT2D eigenvalue weighted by Crippen LogP contribution is 2.44. The van der Waals surface area contributed by atoms with Crippen LogP contribution in [-0.2, 0) is 27.1 Å². The van der Waals surface area contributed by atoms with Crippen molar-refractivity contribution in [1.29, 1.82) is 5.26 Å². The Morgan fingerprint density at radius 1 is 0.484 bits per heavy atom. The molecular formula is C57H64N4O. The third-order valence-corrected chi connectivity index (χ3v) is 12.1. The number of benzene rings is 5. The standard InChI is InChI=1S/C57H64N4O/c1-53(2,3)39-22-24-49(43(29-39)36-19-17-16-18-20-36)61-50-25-35(34-58)21-23-46(50)60-52(61)38-26-37(27-40(28-38)54(4,5)6)47-32-42(56(10,11)12)33-48(59-47)44-30-41(55(7,8)9)31-45(51(44)62)57(13,14)15/h16-33,62H,1-15H3. The van der Waals surface area contributed by atoms with E-state index in [4.69, 9.17) is 9.97 Å². The lowest BCUT2D eigenvalue weighted by atomic mass is 9.78. The summed E-state index contributed by atoms with van der Waals surface area (Å²) in [4.78, 5) is 10.9. The van der Waals surface area contributed by atoms with Crippen molar-refractivity contribution in [1.82, 2.24) is 14.5 Å². The zero-order valence-corrected chi connectivity index (χ0v) is 39.6. The summed E-state index contributed by atoms with van der Waals surface area (Å²) in [6.07, 6.45) is 0. The van der Waals surface area contributed by atoms with Crippen molar-refractivity contribution >= 4 is 11.0 Å². The van der Waals surface area contributed by atoms with E-state index in [0.29, 0.717) is 5.56 Å². The molecule has 5 aromatic carbocycles. The van der Waals surface area contributed by atoms with Gasteiger partial charge in [-0.05, 0) is 122 Å². The van der Waals surface area contributed by atoms with E-state index < -0.39 is 0 Å². The molecular weight excluding hydrogens is 757 g/mol. The van der Waals surface area contributed by atoms with Crippen molar-refractivity contribution in [3.05, 3.63) is 143 Å². The van der Waals surface area contributed by atoms with Gasteiger partial charge in [0.05, 0.1) is 39.7 Å². The second kappa shape index (κ2) is 15.4. The first-order valence-corrected chi connectivity index (χ1v) is 21.9. The number of aromatic hydroxyl groups is 1. The van der Waals surface area contributed by atoms with Gasteiger partial charge in [0.25, 0.3) is 0 Å². The van der Waals surface area contributed by atoms with Crippen LogP contribution in [0, 0.1) is 11.3 Å². The Balaban J connectivity index is 1.56. The molecule has 0 saturated heterocycles. The Labute approximate surface area is 370 Å². The molecule has 0 atom stereocenters. The molecule has 2 heterocycles. The van der Waals surface area contributed by atoms with Crippen molar-refractivity contribution in [2.24, 2.45) is 0 Å². The lowest BCUT2D eigenvalue weighted by Crippen LogP contribution is -2.17. The molecule has 0 saturated carbocycles. The Morgan fingerprint density at radius 3 is 1.65 bits per heavy atom. The molecule has 5 nitrogen and oxygen atoms in total. The highest BCUT2D eigenvalue weighted by Gasteiger charge is 2.29. The van der Waals surface area contributed by atoms with Gasteiger partial charge in [-0.2, -0.15) is 5.26 Å². The fourth-order valence-corrected chi connectivity index (χ4v) is 8.05. The van der Waals surface area contributed by atoms with E-state index in [-0.39, 0.29) is 32.8 Å². The van der Waals surface area contributed by atoms with Gasteiger partial charge in [-0.25, -0.2) is 9.97 Å². The number of fused-ring (bicyclic) bond motifs is 1. The zero-order chi connectivity index (χ0) is 45.3. The van der Waals surface area contributed by atoms with Crippen LogP contribution in [0.3, 0.4) is 0 Å². The van der Waals surface area contributed by atoms with Gasteiger partial charge >= 0.3 is 0 Å². The first kappa shape index (κ1) is 44.1. The first-order valence-electron chi connectivity index (χ1n) is 21.9. The second-order valence-electron chi connectivity index (χ2n) is 22.3. The minimum absolute atomic E-state index is 0.0710. The SMILES string of the molecule is CC(C)(C)c1cc(-c2cc(C(C)(C)C)cc(-c3cc(C(C)(C)C)cc(C(C)(C)C)c3O)n2)cc(-c2nc3ccc(C#N)cc3n2-c2ccc(C(C)(C)C)cc2-c2ccccc2)c1. The molecule has 0 unspecified atom stereocenters. The van der Waals surface area contributed by atoms with Gasteiger partial charge < -0.3 is 5.11 Å². The summed E-state index contributed by atoms with van der Waals surface area (Å²) < 4.78 is 2.24. The fraction of sp³-hybridized carbons (Fsp3) is 0.351. The summed E-state index contributed by atoms with van der Waals surface area (Å²) in [5.74, 6) is 1.05. The van der Waals surface area contributed by atoms with Crippen LogP contribution in [0.2, 0.25) is 0 Å². The molecule has 0 amide bonds. The summed E-state index contributed by atoms with van der Waals surface area (Å²) in [7, 11) is 0. The molecule has 7 rings (SSSR count). The van der Waals surface area contributed by atoms with Gasteiger partial charge in [-0.1, -0.05) is 146 Å². The molecule has 0 aliphatic heterocycles. The highest BCUT2D eigenvalue weighted by atomic mass is 16.3. The molecule has 0 fully saturated rings. The molecule has 1 N–H and O–H groups in total. The number of rotatable bonds is 5. The maximum atomic E-state index is 12.1. The third kappa shape index (κ3) is 8.71. The average Bonchev–Trinajstić information content (AvgIpc) is 3.57. The number of hydrogen-bond donors (Lipinski definition) is 1. The maximum Gasteiger partial charge on any atom is 0.145 e. The van der Waals surface area contributed by atoms with E-state index in [1.54, 1.807) is 0 Å². The molecule has 318 valence electrons. The van der Waals surface area contributed by atoms with Crippen molar-refractivity contribution in [2.45, 2.75) is 131 Å². The summed E-state index contributed by atoms with van der Waals surface area (Å²) in [6, 6.07) is 40.8. The van der Waals surface area contributed by atoms with Crippen LogP contribution in [-0.4, -0.2) is 19.6 Å². The monoisotopic (exact) mass is 821 g/mol. The topological polar surface area (TPSA) is 74.7 Å². The van der Waals surface area contributed by atoms with Crippen molar-refractivity contribution in [2.75, 3.05) is 0 Å². The first-order chi connectivity index (χ1) is 28.7. The highest BCUT2D eigenvalue weighted by molar-refractivity contribution is 5.88. The number of hydrogen-bond acceptors (Lipinski definition) is 4. The third-order valence-electron chi connectivity index (χ3n) is 12.1. The number of phenolic OH excluding ortho intramolecular Hbond substituents is 1. The maximum absolute atomic E-state index is 12.1. The molecule has 2 aromatic heterocycles. The van der Waals surface area contributed by atoms with Gasteiger partial charge in [0.2, 0.25) is 0 Å². The lowest BCUT2D eigenvalue weighted by Gasteiger charge is -2.28. The summed E-state index contributed by atoms with van der Waals surface area (Å²) >= 11 is 0. The molecule has 0 aliphatic carbocycles. The van der Waals surface area contributed by atoms with Crippen LogP contribution in [0.25, 0.3) is 61.8 Å². The Morgan fingerprint density at radius 2 is 1.05 bits per heavy atom. The van der Waals surface area contributed by atoms with E-state index in [1.807, 2.05) is 24.3 Å². The molecule has 0 radical (unpaired) electrons. The quantitative estimate of drug-likeness (QED) is 0.188. The van der Waals surface area contributed by atoms with Gasteiger partial charge in [0.15, 0.2) is 0 Å². The van der Waals surface area contributed by atoms with Crippen LogP contribution in [0.4, 0.5) is 0 Å². The van der Waals surface area contributed by atoms with Crippen molar-refractivity contribution in [3.63, 3.8) is 0 Å². The van der Waals surface area contributed by atoms with E-state index in [0.717, 1.165) is 84.0 Å². The largest absolute Gasteiger partial charge is 0.507 e. The van der Waals surface area contributed by atoms with Gasteiger partial charge in [0.1, 0.15) is 11.6 Å². The smallest absolute Gasteiger partial charge is 0.145 e. The molecule has 62 heavy (non-hydrogen) atoms. The Hall–Kier alpha value is -5.99. The lowest BCUT2D eigenvalue weighted by molar-refractivity contribution is 0.446. The van der Waals surface area contributed by atoms with Crippen molar-refractivity contribution in [3.8, 4) is 62.5 Å². The average molecular weight is 821 g/mol. The minimum Gasteiger partial charge on any atom is -0.507 e. The van der Waals surface area contributed by atoms with E-state index in [2.05, 4.69) is 199 Å². The minimum atomic E-state index is -0.284. The van der Waals surface area contributed by atoms with Crippen LogP contribution >= 0.6 is 0 Å². The predicted octanol–water partition coefficient (Wildman–Crippen LogP) is 15.2. The van der Waals surface area contributed by atoms with Gasteiger partial charge in [-0.15, -0.1) is 0 Å². The van der Waals surface area contributed by atoms with Gasteiger partial charge in [0, 0.05) is 27.8 Å². The summed E-state index contributed by atoms with van der Waals surface area (Å²) in [5.41, 5.74) is 14.3. The second-order valence-corrected chi connectivity index (χ2v) is 22.3. The number of nitriles is 1. The number of phenols is 1. The van der Waals surface area contributed by atoms with E-state index >= 15 is 0 Å². The van der Waals surface area contributed by atoms with E-state index in [9.17, 15) is 10.4 Å². The van der Waals surface area contributed by atoms with Crippen molar-refractivity contribution < 1.29 is 5.11 Å². The number of pyridine rings is 1. The Kier molecular flexibility index (Phi) is 11.0. The van der Waals surface area contributed by atoms with Crippen LogP contribution in [0.5, 0.6) is 5.75 Å². The van der Waals surface area contributed by atoms with Crippen LogP contribution < -0.4 is 0 Å². The normalized spacial score (nSPS) is 12.8. The molecule has 0 spiro atoms. The molecule has 0 bridgehead atoms. The van der Waals surface area contributed by atoms with Gasteiger partial charge in [-0.3, -0.25) is 4.57 Å². The van der Waals surface area contributed by atoms with Crippen LogP contribution in [0.15, 0.2) is 109 Å². The Bertz CT molecular complexity index is 2870. The number of nitrogens with zero attached hydrogens (tertiary/aromatic N) is 4. The zero-order valence-electron chi connectivity index (χ0n) is 39.6. The summed E-state index contributed by atoms with van der Waals surface area (Å²) in [6.45, 7) is 33.2. The molecule has 5 heteroatoms. The molecule has 0 aliphatic rings. The number of imidazole rings is 1. The number of aromatic nitrogens is 3. The van der Waals surface area contributed by atoms with E-state index in [1.165, 1.54) is 5.56 Å². The summed E-state index contributed by atoms with van der Waals surface area (Å²) in [5, 5.41) is 22.2.